The van der Waals surface area contributed by atoms with Gasteiger partial charge in [0.15, 0.2) is 0 Å². The van der Waals surface area contributed by atoms with Crippen molar-refractivity contribution in [2.24, 2.45) is 0 Å². The first kappa shape index (κ1) is 10.8. The molecule has 1 aromatic heterocycles. The highest BCUT2D eigenvalue weighted by Gasteiger charge is 2.18. The van der Waals surface area contributed by atoms with E-state index in [0.717, 1.165) is 19.4 Å². The molecule has 2 rings (SSSR count). The summed E-state index contributed by atoms with van der Waals surface area (Å²) in [6, 6.07) is 4.53. The molecule has 0 bridgehead atoms. The molecule has 1 aliphatic rings. The van der Waals surface area contributed by atoms with Crippen molar-refractivity contribution in [1.29, 1.82) is 5.26 Å². The van der Waals surface area contributed by atoms with Gasteiger partial charge in [-0.05, 0) is 32.4 Å². The van der Waals surface area contributed by atoms with Gasteiger partial charge in [0.05, 0.1) is 0 Å². The van der Waals surface area contributed by atoms with Crippen LogP contribution in [0.15, 0.2) is 12.3 Å². The first-order valence-electron chi connectivity index (χ1n) is 5.51. The largest absolute Gasteiger partial charge is 0.351 e. The molecule has 2 atom stereocenters. The Morgan fingerprint density at radius 2 is 2.50 bits per heavy atom. The zero-order valence-electron chi connectivity index (χ0n) is 9.27. The molecular weight excluding hydrogens is 202 g/mol. The molecule has 5 heteroatoms. The summed E-state index contributed by atoms with van der Waals surface area (Å²) in [4.78, 5) is 8.22. The second kappa shape index (κ2) is 4.90. The van der Waals surface area contributed by atoms with Crippen LogP contribution in [0.3, 0.4) is 0 Å². The fourth-order valence-corrected chi connectivity index (χ4v) is 1.94. The molecule has 1 saturated heterocycles. The lowest BCUT2D eigenvalue weighted by atomic mass is 10.0. The van der Waals surface area contributed by atoms with E-state index in [9.17, 15) is 0 Å². The Morgan fingerprint density at radius 1 is 1.62 bits per heavy atom. The van der Waals surface area contributed by atoms with E-state index >= 15 is 0 Å². The van der Waals surface area contributed by atoms with E-state index in [1.165, 1.54) is 0 Å². The predicted molar refractivity (Wildman–Crippen MR) is 60.9 cm³/mol. The zero-order valence-corrected chi connectivity index (χ0v) is 9.27. The van der Waals surface area contributed by atoms with E-state index in [1.54, 1.807) is 12.3 Å². The number of nitriles is 1. The van der Waals surface area contributed by atoms with Gasteiger partial charge < -0.3 is 10.6 Å². The molecule has 2 N–H and O–H groups in total. The average Bonchev–Trinajstić information content (AvgIpc) is 2.29. The molecule has 1 aliphatic heterocycles. The second-order valence-corrected chi connectivity index (χ2v) is 4.10. The van der Waals surface area contributed by atoms with Crippen molar-refractivity contribution in [3.05, 3.63) is 18.0 Å². The molecule has 0 aromatic carbocycles. The van der Waals surface area contributed by atoms with Crippen LogP contribution in [0.25, 0.3) is 0 Å². The van der Waals surface area contributed by atoms with Gasteiger partial charge in [-0.3, -0.25) is 0 Å². The minimum Gasteiger partial charge on any atom is -0.351 e. The van der Waals surface area contributed by atoms with Crippen LogP contribution < -0.4 is 10.6 Å². The molecule has 2 heterocycles. The maximum Gasteiger partial charge on any atom is 0.224 e. The lowest BCUT2D eigenvalue weighted by Gasteiger charge is -2.28. The first-order valence-corrected chi connectivity index (χ1v) is 5.51. The van der Waals surface area contributed by atoms with Gasteiger partial charge in [0.2, 0.25) is 5.95 Å². The summed E-state index contributed by atoms with van der Waals surface area (Å²) >= 11 is 0. The third-order valence-corrected chi connectivity index (χ3v) is 2.73. The quantitative estimate of drug-likeness (QED) is 0.770. The van der Waals surface area contributed by atoms with Crippen molar-refractivity contribution in [2.75, 3.05) is 11.9 Å². The lowest BCUT2D eigenvalue weighted by molar-refractivity contribution is 0.395. The fourth-order valence-electron chi connectivity index (χ4n) is 1.94. The van der Waals surface area contributed by atoms with Gasteiger partial charge in [0.25, 0.3) is 0 Å². The Labute approximate surface area is 94.9 Å². The number of rotatable bonds is 2. The normalized spacial score (nSPS) is 24.8. The molecule has 2 unspecified atom stereocenters. The highest BCUT2D eigenvalue weighted by atomic mass is 15.1. The van der Waals surface area contributed by atoms with Gasteiger partial charge in [-0.15, -0.1) is 0 Å². The standard InChI is InChI=1S/C11H15N5/c1-8-6-9(2-4-13-8)15-11-14-5-3-10(7-12)16-11/h3,5,8-9,13H,2,4,6H2,1H3,(H,14,15,16). The predicted octanol–water partition coefficient (Wildman–Crippen LogP) is 0.901. The maximum absolute atomic E-state index is 8.73. The van der Waals surface area contributed by atoms with Crippen molar-refractivity contribution in [2.45, 2.75) is 31.8 Å². The minimum atomic E-state index is 0.394. The number of anilines is 1. The summed E-state index contributed by atoms with van der Waals surface area (Å²) in [5.41, 5.74) is 0.402. The highest BCUT2D eigenvalue weighted by molar-refractivity contribution is 5.31. The molecule has 1 aromatic rings. The van der Waals surface area contributed by atoms with Gasteiger partial charge in [-0.2, -0.15) is 5.26 Å². The average molecular weight is 217 g/mol. The zero-order chi connectivity index (χ0) is 11.4. The smallest absolute Gasteiger partial charge is 0.224 e. The summed E-state index contributed by atoms with van der Waals surface area (Å²) in [6.45, 7) is 3.18. The Kier molecular flexibility index (Phi) is 3.32. The summed E-state index contributed by atoms with van der Waals surface area (Å²) < 4.78 is 0. The molecule has 16 heavy (non-hydrogen) atoms. The van der Waals surface area contributed by atoms with Gasteiger partial charge in [0.1, 0.15) is 11.8 Å². The number of hydrogen-bond acceptors (Lipinski definition) is 5. The SMILES string of the molecule is CC1CC(Nc2nccc(C#N)n2)CCN1. The molecule has 1 fully saturated rings. The topological polar surface area (TPSA) is 73.6 Å². The third-order valence-electron chi connectivity index (χ3n) is 2.73. The van der Waals surface area contributed by atoms with Crippen molar-refractivity contribution in [1.82, 2.24) is 15.3 Å². The van der Waals surface area contributed by atoms with Crippen LogP contribution in [0.4, 0.5) is 5.95 Å². The molecule has 0 radical (unpaired) electrons. The van der Waals surface area contributed by atoms with Gasteiger partial charge in [-0.1, -0.05) is 0 Å². The van der Waals surface area contributed by atoms with E-state index in [-0.39, 0.29) is 0 Å². The number of aromatic nitrogens is 2. The molecule has 84 valence electrons. The van der Waals surface area contributed by atoms with Crippen molar-refractivity contribution in [3.8, 4) is 6.07 Å². The van der Waals surface area contributed by atoms with Crippen molar-refractivity contribution >= 4 is 5.95 Å². The molecule has 0 aliphatic carbocycles. The van der Waals surface area contributed by atoms with E-state index < -0.39 is 0 Å². The van der Waals surface area contributed by atoms with E-state index in [2.05, 4.69) is 27.5 Å². The van der Waals surface area contributed by atoms with Crippen LogP contribution in [0.5, 0.6) is 0 Å². The van der Waals surface area contributed by atoms with Gasteiger partial charge >= 0.3 is 0 Å². The van der Waals surface area contributed by atoms with Crippen LogP contribution in [-0.2, 0) is 0 Å². The minimum absolute atomic E-state index is 0.394. The van der Waals surface area contributed by atoms with Crippen LogP contribution in [0.1, 0.15) is 25.5 Å². The first-order chi connectivity index (χ1) is 7.78. The summed E-state index contributed by atoms with van der Waals surface area (Å²) in [6.07, 6.45) is 3.73. The fraction of sp³-hybridized carbons (Fsp3) is 0.545. The Morgan fingerprint density at radius 3 is 3.25 bits per heavy atom. The van der Waals surface area contributed by atoms with Crippen LogP contribution in [0, 0.1) is 11.3 Å². The molecule has 0 saturated carbocycles. The number of piperidine rings is 1. The molecule has 0 spiro atoms. The Balaban J connectivity index is 2.00. The lowest BCUT2D eigenvalue weighted by Crippen LogP contribution is -2.41. The van der Waals surface area contributed by atoms with Gasteiger partial charge in [0, 0.05) is 18.3 Å². The van der Waals surface area contributed by atoms with E-state index in [4.69, 9.17) is 5.26 Å². The van der Waals surface area contributed by atoms with Crippen LogP contribution in [-0.4, -0.2) is 28.6 Å². The Bertz CT molecular complexity index is 398. The second-order valence-electron chi connectivity index (χ2n) is 4.10. The number of nitrogens with zero attached hydrogens (tertiary/aromatic N) is 3. The van der Waals surface area contributed by atoms with E-state index in [1.807, 2.05) is 6.07 Å². The maximum atomic E-state index is 8.73. The van der Waals surface area contributed by atoms with E-state index in [0.29, 0.717) is 23.7 Å². The Hall–Kier alpha value is -1.67. The van der Waals surface area contributed by atoms with Crippen LogP contribution in [0.2, 0.25) is 0 Å². The summed E-state index contributed by atoms with van der Waals surface area (Å²) in [7, 11) is 0. The number of nitrogens with one attached hydrogen (secondary N) is 2. The molecule has 0 amide bonds. The highest BCUT2D eigenvalue weighted by Crippen LogP contribution is 2.12. The molecule has 5 nitrogen and oxygen atoms in total. The summed E-state index contributed by atoms with van der Waals surface area (Å²) in [5, 5.41) is 15.4. The summed E-state index contributed by atoms with van der Waals surface area (Å²) in [5.74, 6) is 0.554. The van der Waals surface area contributed by atoms with Crippen LogP contribution >= 0.6 is 0 Å². The van der Waals surface area contributed by atoms with Crippen molar-refractivity contribution < 1.29 is 0 Å². The van der Waals surface area contributed by atoms with Gasteiger partial charge in [-0.25, -0.2) is 9.97 Å². The number of hydrogen-bond donors (Lipinski definition) is 2. The monoisotopic (exact) mass is 217 g/mol. The molecular formula is C11H15N5. The third kappa shape index (κ3) is 2.67. The van der Waals surface area contributed by atoms with Crippen molar-refractivity contribution in [3.63, 3.8) is 0 Å².